The Kier molecular flexibility index (Phi) is 4.28. The molecule has 1 amide bonds. The first-order valence-electron chi connectivity index (χ1n) is 8.89. The second-order valence-electron chi connectivity index (χ2n) is 6.88. The van der Waals surface area contributed by atoms with Gasteiger partial charge in [-0.1, -0.05) is 11.6 Å². The Balaban J connectivity index is 1.65. The monoisotopic (exact) mass is 350 g/mol. The predicted octanol–water partition coefficient (Wildman–Crippen LogP) is 3.00. The zero-order valence-electron chi connectivity index (χ0n) is 15.0. The molecule has 1 aliphatic rings. The maximum Gasteiger partial charge on any atom is 0.221 e. The molecule has 26 heavy (non-hydrogen) atoms. The van der Waals surface area contributed by atoms with Gasteiger partial charge in [0.15, 0.2) is 0 Å². The first-order valence-corrected chi connectivity index (χ1v) is 8.89. The van der Waals surface area contributed by atoms with Gasteiger partial charge in [0.25, 0.3) is 0 Å². The average molecular weight is 350 g/mol. The van der Waals surface area contributed by atoms with Gasteiger partial charge in [-0.15, -0.1) is 0 Å². The second-order valence-corrected chi connectivity index (χ2v) is 6.88. The van der Waals surface area contributed by atoms with Gasteiger partial charge in [-0.25, -0.2) is 9.97 Å². The molecule has 1 fully saturated rings. The third-order valence-corrected chi connectivity index (χ3v) is 4.88. The summed E-state index contributed by atoms with van der Waals surface area (Å²) in [7, 11) is 0. The number of aromatic amines is 1. The zero-order valence-corrected chi connectivity index (χ0v) is 15.0. The molecule has 7 heteroatoms. The van der Waals surface area contributed by atoms with Crippen LogP contribution in [-0.4, -0.2) is 39.2 Å². The summed E-state index contributed by atoms with van der Waals surface area (Å²) >= 11 is 0. The van der Waals surface area contributed by atoms with Crippen molar-refractivity contribution in [3.8, 4) is 0 Å². The molecule has 0 saturated carbocycles. The second kappa shape index (κ2) is 6.74. The lowest BCUT2D eigenvalue weighted by atomic mass is 9.93. The molecule has 1 saturated heterocycles. The number of benzene rings is 1. The fraction of sp³-hybridized carbons (Fsp3) is 0.368. The molecular weight excluding hydrogens is 328 g/mol. The van der Waals surface area contributed by atoms with Gasteiger partial charge in [-0.2, -0.15) is 5.10 Å². The van der Waals surface area contributed by atoms with Gasteiger partial charge >= 0.3 is 0 Å². The molecule has 2 N–H and O–H groups in total. The number of anilines is 2. The maximum atomic E-state index is 11.4. The molecule has 3 heterocycles. The highest BCUT2D eigenvalue weighted by molar-refractivity contribution is 5.90. The fourth-order valence-corrected chi connectivity index (χ4v) is 3.71. The van der Waals surface area contributed by atoms with Gasteiger partial charge < -0.3 is 10.2 Å². The molecule has 3 aromatic rings. The van der Waals surface area contributed by atoms with E-state index in [0.29, 0.717) is 0 Å². The van der Waals surface area contributed by atoms with Crippen LogP contribution in [0.2, 0.25) is 0 Å². The summed E-state index contributed by atoms with van der Waals surface area (Å²) in [5, 5.41) is 11.1. The number of nitrogens with one attached hydrogen (secondary N) is 2. The van der Waals surface area contributed by atoms with Crippen LogP contribution >= 0.6 is 0 Å². The SMILES string of the molecule is CC(=O)Nc1cn[nH]c1C1CCCN(c2ncnc3ccc(C)cc23)C1. The van der Waals surface area contributed by atoms with Crippen molar-refractivity contribution in [1.82, 2.24) is 20.2 Å². The number of hydrogen-bond donors (Lipinski definition) is 2. The molecule has 2 aromatic heterocycles. The Bertz CT molecular complexity index is 950. The number of hydrogen-bond acceptors (Lipinski definition) is 5. The van der Waals surface area contributed by atoms with E-state index in [-0.39, 0.29) is 11.8 Å². The standard InChI is InChI=1S/C19H22N6O/c1-12-5-6-16-15(8-12)19(21-11-20-16)25-7-3-4-14(10-25)18-17(9-22-24-18)23-13(2)26/h5-6,8-9,11,14H,3-4,7,10H2,1-2H3,(H,22,24)(H,23,26). The van der Waals surface area contributed by atoms with Gasteiger partial charge in [0.2, 0.25) is 5.91 Å². The van der Waals surface area contributed by atoms with Crippen molar-refractivity contribution in [2.75, 3.05) is 23.3 Å². The van der Waals surface area contributed by atoms with E-state index in [0.717, 1.165) is 54.0 Å². The zero-order chi connectivity index (χ0) is 18.1. The van der Waals surface area contributed by atoms with Gasteiger partial charge in [-0.05, 0) is 31.9 Å². The van der Waals surface area contributed by atoms with Crippen LogP contribution in [0, 0.1) is 6.92 Å². The minimum absolute atomic E-state index is 0.0856. The Morgan fingerprint density at radius 1 is 1.35 bits per heavy atom. The molecule has 1 aliphatic heterocycles. The van der Waals surface area contributed by atoms with E-state index in [1.807, 2.05) is 6.07 Å². The summed E-state index contributed by atoms with van der Waals surface area (Å²) in [4.78, 5) is 22.7. The molecule has 7 nitrogen and oxygen atoms in total. The van der Waals surface area contributed by atoms with Crippen molar-refractivity contribution < 1.29 is 4.79 Å². The van der Waals surface area contributed by atoms with Gasteiger partial charge in [0.1, 0.15) is 12.1 Å². The number of carbonyl (C=O) groups excluding carboxylic acids is 1. The van der Waals surface area contributed by atoms with E-state index in [9.17, 15) is 4.79 Å². The molecule has 0 spiro atoms. The van der Waals surface area contributed by atoms with Crippen LogP contribution < -0.4 is 10.2 Å². The van der Waals surface area contributed by atoms with Crippen molar-refractivity contribution in [2.24, 2.45) is 0 Å². The lowest BCUT2D eigenvalue weighted by Crippen LogP contribution is -2.35. The number of H-pyrrole nitrogens is 1. The van der Waals surface area contributed by atoms with E-state index < -0.39 is 0 Å². The summed E-state index contributed by atoms with van der Waals surface area (Å²) < 4.78 is 0. The van der Waals surface area contributed by atoms with E-state index in [1.54, 1.807) is 12.5 Å². The van der Waals surface area contributed by atoms with Crippen LogP contribution in [0.15, 0.2) is 30.7 Å². The average Bonchev–Trinajstić information content (AvgIpc) is 3.08. The van der Waals surface area contributed by atoms with Crippen molar-refractivity contribution in [2.45, 2.75) is 32.6 Å². The van der Waals surface area contributed by atoms with E-state index in [4.69, 9.17) is 0 Å². The van der Waals surface area contributed by atoms with Crippen molar-refractivity contribution in [1.29, 1.82) is 0 Å². The molecule has 1 atom stereocenters. The Morgan fingerprint density at radius 3 is 3.08 bits per heavy atom. The minimum Gasteiger partial charge on any atom is -0.355 e. The molecule has 1 aromatic carbocycles. The highest BCUT2D eigenvalue weighted by Gasteiger charge is 2.26. The number of piperidine rings is 1. The third-order valence-electron chi connectivity index (χ3n) is 4.88. The van der Waals surface area contributed by atoms with Gasteiger partial charge in [-0.3, -0.25) is 9.89 Å². The normalized spacial score (nSPS) is 17.5. The summed E-state index contributed by atoms with van der Waals surface area (Å²) in [5.74, 6) is 1.16. The molecule has 134 valence electrons. The number of amides is 1. The molecular formula is C19H22N6O. The highest BCUT2D eigenvalue weighted by Crippen LogP contribution is 2.34. The van der Waals surface area contributed by atoms with E-state index in [1.165, 1.54) is 12.5 Å². The molecule has 0 bridgehead atoms. The van der Waals surface area contributed by atoms with Crippen molar-refractivity contribution >= 4 is 28.3 Å². The molecule has 1 unspecified atom stereocenters. The Labute approximate surface area is 151 Å². The van der Waals surface area contributed by atoms with Crippen LogP contribution in [0.3, 0.4) is 0 Å². The highest BCUT2D eigenvalue weighted by atomic mass is 16.1. The van der Waals surface area contributed by atoms with Crippen LogP contribution in [0.5, 0.6) is 0 Å². The topological polar surface area (TPSA) is 86.8 Å². The van der Waals surface area contributed by atoms with Crippen LogP contribution in [0.1, 0.15) is 36.9 Å². The minimum atomic E-state index is -0.0856. The number of aryl methyl sites for hydroxylation is 1. The Hall–Kier alpha value is -2.96. The van der Waals surface area contributed by atoms with Gasteiger partial charge in [0, 0.05) is 31.3 Å². The summed E-state index contributed by atoms with van der Waals surface area (Å²) in [5.41, 5.74) is 3.92. The quantitative estimate of drug-likeness (QED) is 0.758. The van der Waals surface area contributed by atoms with Crippen LogP contribution in [0.4, 0.5) is 11.5 Å². The first kappa shape index (κ1) is 16.5. The van der Waals surface area contributed by atoms with Crippen molar-refractivity contribution in [3.63, 3.8) is 0 Å². The predicted molar refractivity (Wildman–Crippen MR) is 101 cm³/mol. The lowest BCUT2D eigenvalue weighted by molar-refractivity contribution is -0.114. The third kappa shape index (κ3) is 3.12. The lowest BCUT2D eigenvalue weighted by Gasteiger charge is -2.34. The van der Waals surface area contributed by atoms with Gasteiger partial charge in [0.05, 0.1) is 23.1 Å². The number of carbonyl (C=O) groups is 1. The number of fused-ring (bicyclic) bond motifs is 1. The summed E-state index contributed by atoms with van der Waals surface area (Å²) in [6, 6.07) is 6.26. The van der Waals surface area contributed by atoms with Crippen LogP contribution in [-0.2, 0) is 4.79 Å². The summed E-state index contributed by atoms with van der Waals surface area (Å²) in [6.07, 6.45) is 5.42. The fourth-order valence-electron chi connectivity index (χ4n) is 3.71. The summed E-state index contributed by atoms with van der Waals surface area (Å²) in [6.45, 7) is 5.38. The number of aromatic nitrogens is 4. The van der Waals surface area contributed by atoms with E-state index in [2.05, 4.69) is 49.4 Å². The van der Waals surface area contributed by atoms with E-state index >= 15 is 0 Å². The molecule has 0 radical (unpaired) electrons. The van der Waals surface area contributed by atoms with Crippen molar-refractivity contribution in [3.05, 3.63) is 42.0 Å². The first-order chi connectivity index (χ1) is 12.6. The molecule has 4 rings (SSSR count). The van der Waals surface area contributed by atoms with Crippen LogP contribution in [0.25, 0.3) is 10.9 Å². The maximum absolute atomic E-state index is 11.4. The smallest absolute Gasteiger partial charge is 0.221 e. The Morgan fingerprint density at radius 2 is 2.23 bits per heavy atom. The number of nitrogens with zero attached hydrogens (tertiary/aromatic N) is 4. The largest absolute Gasteiger partial charge is 0.355 e. The molecule has 0 aliphatic carbocycles. The number of rotatable bonds is 3.